The molecule has 9 nitrogen and oxygen atoms in total. The summed E-state index contributed by atoms with van der Waals surface area (Å²) in [7, 11) is 0. The van der Waals surface area contributed by atoms with Crippen LogP contribution in [0, 0.1) is 17.1 Å². The molecule has 0 atom stereocenters. The van der Waals surface area contributed by atoms with Crippen molar-refractivity contribution in [3.8, 4) is 6.07 Å². The third-order valence-corrected chi connectivity index (χ3v) is 4.08. The van der Waals surface area contributed by atoms with Crippen LogP contribution in [0.15, 0.2) is 56.6 Å². The lowest BCUT2D eigenvalue weighted by Gasteiger charge is -2.05. The number of hydroxylamine groups is 1. The number of aliphatic imine (C=N–C) groups is 1. The fraction of sp³-hybridized carbons (Fsp3) is 0. The number of amides is 1. The van der Waals surface area contributed by atoms with Crippen LogP contribution in [0.3, 0.4) is 0 Å². The van der Waals surface area contributed by atoms with Gasteiger partial charge in [-0.3, -0.25) is 15.5 Å². The highest BCUT2D eigenvalue weighted by Crippen LogP contribution is 2.23. The summed E-state index contributed by atoms with van der Waals surface area (Å²) in [6, 6.07) is 11.8. The van der Waals surface area contributed by atoms with Crippen LogP contribution in [0.4, 0.5) is 15.9 Å². The highest BCUT2D eigenvalue weighted by Gasteiger charge is 2.19. The number of amidine groups is 1. The monoisotopic (exact) mass is 444 g/mol. The first-order valence-corrected chi connectivity index (χ1v) is 8.39. The molecule has 11 heteroatoms. The van der Waals surface area contributed by atoms with Crippen molar-refractivity contribution in [2.75, 3.05) is 5.32 Å². The van der Waals surface area contributed by atoms with E-state index in [2.05, 4.69) is 41.2 Å². The van der Waals surface area contributed by atoms with E-state index >= 15 is 0 Å². The van der Waals surface area contributed by atoms with Crippen LogP contribution in [-0.2, 0) is 0 Å². The maximum Gasteiger partial charge on any atom is 0.256 e. The van der Waals surface area contributed by atoms with Gasteiger partial charge in [0.1, 0.15) is 5.82 Å². The van der Waals surface area contributed by atoms with Crippen LogP contribution in [0.5, 0.6) is 0 Å². The van der Waals surface area contributed by atoms with Crippen LogP contribution < -0.4 is 10.8 Å². The predicted octanol–water partition coefficient (Wildman–Crippen LogP) is 3.15. The second-order valence-corrected chi connectivity index (χ2v) is 6.13. The Morgan fingerprint density at radius 3 is 2.64 bits per heavy atom. The van der Waals surface area contributed by atoms with Gasteiger partial charge in [0.15, 0.2) is 11.5 Å². The molecule has 1 amide bonds. The molecule has 0 unspecified atom stereocenters. The van der Waals surface area contributed by atoms with E-state index in [1.165, 1.54) is 42.5 Å². The first-order valence-electron chi connectivity index (χ1n) is 7.60. The summed E-state index contributed by atoms with van der Waals surface area (Å²) in [5.41, 5.74) is 2.73. The van der Waals surface area contributed by atoms with Gasteiger partial charge in [0.25, 0.3) is 5.91 Å². The first-order chi connectivity index (χ1) is 13.5. The number of carbonyl (C=O) groups excluding carboxylic acids is 1. The summed E-state index contributed by atoms with van der Waals surface area (Å²) in [6.45, 7) is 0. The number of nitrogens with one attached hydrogen (secondary N) is 2. The number of aromatic nitrogens is 2. The average Bonchev–Trinajstić information content (AvgIpc) is 3.16. The molecule has 0 aliphatic rings. The van der Waals surface area contributed by atoms with E-state index in [0.29, 0.717) is 5.56 Å². The number of benzene rings is 2. The Bertz CT molecular complexity index is 1090. The average molecular weight is 445 g/mol. The van der Waals surface area contributed by atoms with Crippen LogP contribution >= 0.6 is 15.9 Å². The zero-order valence-corrected chi connectivity index (χ0v) is 15.4. The topological polar surface area (TPSA) is 136 Å². The van der Waals surface area contributed by atoms with Crippen molar-refractivity contribution in [2.24, 2.45) is 4.99 Å². The Kier molecular flexibility index (Phi) is 5.73. The lowest BCUT2D eigenvalue weighted by atomic mass is 10.1. The highest BCUT2D eigenvalue weighted by atomic mass is 79.9. The lowest BCUT2D eigenvalue weighted by molar-refractivity contribution is 0.102. The van der Waals surface area contributed by atoms with Gasteiger partial charge in [0.05, 0.1) is 21.8 Å². The number of halogens is 2. The molecule has 3 aromatic rings. The van der Waals surface area contributed by atoms with Gasteiger partial charge in [-0.25, -0.2) is 14.0 Å². The molecule has 3 rings (SSSR count). The minimum atomic E-state index is -0.539. The largest absolute Gasteiger partial charge is 0.302 e. The van der Waals surface area contributed by atoms with Crippen molar-refractivity contribution in [2.45, 2.75) is 0 Å². The van der Waals surface area contributed by atoms with E-state index in [0.717, 1.165) is 0 Å². The van der Waals surface area contributed by atoms with Crippen LogP contribution in [0.2, 0.25) is 0 Å². The Hall–Kier alpha value is -3.62. The van der Waals surface area contributed by atoms with Crippen molar-refractivity contribution in [1.29, 1.82) is 5.26 Å². The molecular formula is C17H10BrFN6O3. The number of hydrogen-bond donors (Lipinski definition) is 3. The summed E-state index contributed by atoms with van der Waals surface area (Å²) < 4.78 is 18.1. The van der Waals surface area contributed by atoms with E-state index in [1.54, 1.807) is 0 Å². The molecular weight excluding hydrogens is 435 g/mol. The number of rotatable bonds is 4. The molecule has 0 spiro atoms. The van der Waals surface area contributed by atoms with Crippen molar-refractivity contribution in [1.82, 2.24) is 15.8 Å². The van der Waals surface area contributed by atoms with Crippen LogP contribution in [0.25, 0.3) is 0 Å². The molecule has 3 N–H and O–H groups in total. The molecule has 1 aromatic heterocycles. The standard InChI is InChI=1S/C17H10BrFN6O3/c18-12-7-11(5-6-13(12)19)21-15(23-27)14-16(25-28-24-14)22-17(26)10-3-1-9(8-20)2-4-10/h1-7,27H,(H,21,23)(H,22,25,26). The van der Waals surface area contributed by atoms with Gasteiger partial charge in [-0.15, -0.1) is 0 Å². The molecule has 0 saturated carbocycles. The SMILES string of the molecule is N#Cc1ccc(C(=O)Nc2nonc2C(=Nc2ccc(F)c(Br)c2)NO)cc1. The van der Waals surface area contributed by atoms with Gasteiger partial charge in [-0.2, -0.15) is 5.26 Å². The van der Waals surface area contributed by atoms with Crippen molar-refractivity contribution in [3.63, 3.8) is 0 Å². The van der Waals surface area contributed by atoms with Crippen LogP contribution in [-0.4, -0.2) is 27.3 Å². The molecule has 0 aliphatic heterocycles. The van der Waals surface area contributed by atoms with Gasteiger partial charge in [-0.05, 0) is 68.7 Å². The zero-order chi connectivity index (χ0) is 20.1. The van der Waals surface area contributed by atoms with Gasteiger partial charge < -0.3 is 5.32 Å². The fourth-order valence-electron chi connectivity index (χ4n) is 2.12. The zero-order valence-electron chi connectivity index (χ0n) is 13.8. The van der Waals surface area contributed by atoms with Crippen LogP contribution in [0.1, 0.15) is 21.6 Å². The van der Waals surface area contributed by atoms with Crippen molar-refractivity contribution >= 4 is 39.2 Å². The molecule has 1 heterocycles. The Balaban J connectivity index is 1.86. The molecule has 140 valence electrons. The normalized spacial score (nSPS) is 11.0. The van der Waals surface area contributed by atoms with E-state index in [9.17, 15) is 14.4 Å². The Morgan fingerprint density at radius 1 is 1.25 bits per heavy atom. The first kappa shape index (κ1) is 19.2. The fourth-order valence-corrected chi connectivity index (χ4v) is 2.48. The summed E-state index contributed by atoms with van der Waals surface area (Å²) in [6.07, 6.45) is 0. The summed E-state index contributed by atoms with van der Waals surface area (Å²) in [5.74, 6) is -1.30. The second-order valence-electron chi connectivity index (χ2n) is 5.28. The third-order valence-electron chi connectivity index (χ3n) is 3.47. The minimum absolute atomic E-state index is 0.0788. The summed E-state index contributed by atoms with van der Waals surface area (Å²) in [5, 5.41) is 27.9. The summed E-state index contributed by atoms with van der Waals surface area (Å²) in [4.78, 5) is 16.4. The molecule has 0 fully saturated rings. The summed E-state index contributed by atoms with van der Waals surface area (Å²) >= 11 is 3.04. The minimum Gasteiger partial charge on any atom is -0.302 e. The van der Waals surface area contributed by atoms with E-state index in [-0.39, 0.29) is 33.1 Å². The Morgan fingerprint density at radius 2 is 2.00 bits per heavy atom. The van der Waals surface area contributed by atoms with Crippen molar-refractivity contribution < 1.29 is 19.0 Å². The second kappa shape index (κ2) is 8.38. The molecule has 0 saturated heterocycles. The van der Waals surface area contributed by atoms with E-state index in [1.807, 2.05) is 11.5 Å². The molecule has 0 aliphatic carbocycles. The number of anilines is 1. The number of nitrogens with zero attached hydrogens (tertiary/aromatic N) is 4. The molecule has 0 bridgehead atoms. The van der Waals surface area contributed by atoms with Crippen molar-refractivity contribution in [3.05, 3.63) is 69.6 Å². The molecule has 2 aromatic carbocycles. The van der Waals surface area contributed by atoms with E-state index < -0.39 is 11.7 Å². The van der Waals surface area contributed by atoms with Gasteiger partial charge in [0.2, 0.25) is 5.82 Å². The van der Waals surface area contributed by atoms with Gasteiger partial charge in [-0.1, -0.05) is 0 Å². The number of nitriles is 1. The molecule has 28 heavy (non-hydrogen) atoms. The van der Waals surface area contributed by atoms with Gasteiger partial charge in [0, 0.05) is 5.56 Å². The van der Waals surface area contributed by atoms with E-state index in [4.69, 9.17) is 5.26 Å². The highest BCUT2D eigenvalue weighted by molar-refractivity contribution is 9.10. The number of carbonyl (C=O) groups is 1. The molecule has 0 radical (unpaired) electrons. The smallest absolute Gasteiger partial charge is 0.256 e. The maximum absolute atomic E-state index is 13.3. The number of hydrogen-bond acceptors (Lipinski definition) is 7. The lowest BCUT2D eigenvalue weighted by Crippen LogP contribution is -2.23. The van der Waals surface area contributed by atoms with Gasteiger partial charge >= 0.3 is 0 Å². The third kappa shape index (κ3) is 4.20. The predicted molar refractivity (Wildman–Crippen MR) is 98.6 cm³/mol. The Labute approximate surface area is 165 Å². The quantitative estimate of drug-likeness (QED) is 0.319. The maximum atomic E-state index is 13.3.